The molecular weight excluding hydrogens is 240 g/mol. The van der Waals surface area contributed by atoms with E-state index >= 15 is 0 Å². The lowest BCUT2D eigenvalue weighted by Crippen LogP contribution is -2.47. The van der Waals surface area contributed by atoms with Gasteiger partial charge < -0.3 is 22.8 Å². The summed E-state index contributed by atoms with van der Waals surface area (Å²) < 4.78 is 27.5. The van der Waals surface area contributed by atoms with Gasteiger partial charge in [0.25, 0.3) is 0 Å². The molecule has 1 fully saturated rings. The largest absolute Gasteiger partial charge is 0.503 e. The Kier molecular flexibility index (Phi) is 6.61. The van der Waals surface area contributed by atoms with Gasteiger partial charge in [0.05, 0.1) is 19.3 Å². The van der Waals surface area contributed by atoms with Gasteiger partial charge in [-0.1, -0.05) is 6.92 Å². The van der Waals surface area contributed by atoms with Crippen LogP contribution in [-0.2, 0) is 22.8 Å². The molecule has 0 aromatic carbocycles. The molecule has 1 saturated heterocycles. The lowest BCUT2D eigenvalue weighted by molar-refractivity contribution is 0.0283. The summed E-state index contributed by atoms with van der Waals surface area (Å²) >= 11 is 0. The summed E-state index contributed by atoms with van der Waals surface area (Å²) in [6.07, 6.45) is 1.32. The SMILES string of the molecule is CCO[Si](CC(CC)OCC1CO1)(OC)OC. The van der Waals surface area contributed by atoms with E-state index in [9.17, 15) is 0 Å². The zero-order chi connectivity index (χ0) is 12.7. The number of hydrogen-bond acceptors (Lipinski definition) is 5. The lowest BCUT2D eigenvalue weighted by atomic mass is 10.3. The van der Waals surface area contributed by atoms with Crippen molar-refractivity contribution in [2.24, 2.45) is 0 Å². The van der Waals surface area contributed by atoms with Crippen molar-refractivity contribution in [1.29, 1.82) is 0 Å². The summed E-state index contributed by atoms with van der Waals surface area (Å²) in [4.78, 5) is 0. The van der Waals surface area contributed by atoms with E-state index in [1.165, 1.54) is 0 Å². The van der Waals surface area contributed by atoms with Gasteiger partial charge in [-0.25, -0.2) is 0 Å². The normalized spacial score (nSPS) is 21.5. The molecule has 0 amide bonds. The molecule has 5 nitrogen and oxygen atoms in total. The van der Waals surface area contributed by atoms with E-state index in [4.69, 9.17) is 22.8 Å². The van der Waals surface area contributed by atoms with Gasteiger partial charge >= 0.3 is 8.80 Å². The summed E-state index contributed by atoms with van der Waals surface area (Å²) in [6, 6.07) is 0.692. The molecule has 2 unspecified atom stereocenters. The van der Waals surface area contributed by atoms with Gasteiger partial charge in [0, 0.05) is 26.9 Å². The molecule has 0 N–H and O–H groups in total. The quantitative estimate of drug-likeness (QED) is 0.441. The van der Waals surface area contributed by atoms with E-state index < -0.39 is 8.80 Å². The third kappa shape index (κ3) is 5.03. The summed E-state index contributed by atoms with van der Waals surface area (Å²) in [5.41, 5.74) is 0. The van der Waals surface area contributed by atoms with E-state index in [-0.39, 0.29) is 12.2 Å². The highest BCUT2D eigenvalue weighted by atomic mass is 28.4. The van der Waals surface area contributed by atoms with Gasteiger partial charge in [-0.05, 0) is 13.3 Å². The van der Waals surface area contributed by atoms with Crippen molar-refractivity contribution in [3.63, 3.8) is 0 Å². The first-order valence-corrected chi connectivity index (χ1v) is 8.10. The smallest absolute Gasteiger partial charge is 0.377 e. The Bertz CT molecular complexity index is 206. The van der Waals surface area contributed by atoms with Crippen molar-refractivity contribution in [3.05, 3.63) is 0 Å². The molecule has 1 rings (SSSR count). The van der Waals surface area contributed by atoms with Crippen LogP contribution in [0.5, 0.6) is 0 Å². The monoisotopic (exact) mass is 264 g/mol. The Morgan fingerprint density at radius 2 is 1.94 bits per heavy atom. The molecule has 1 heterocycles. The molecule has 0 saturated carbocycles. The zero-order valence-corrected chi connectivity index (χ0v) is 12.2. The number of rotatable bonds is 10. The molecule has 0 aromatic rings. The van der Waals surface area contributed by atoms with Crippen molar-refractivity contribution in [3.8, 4) is 0 Å². The van der Waals surface area contributed by atoms with E-state index in [0.29, 0.717) is 19.3 Å². The average Bonchev–Trinajstić information content (AvgIpc) is 3.17. The van der Waals surface area contributed by atoms with Crippen molar-refractivity contribution < 1.29 is 22.8 Å². The van der Waals surface area contributed by atoms with E-state index in [0.717, 1.165) is 13.0 Å². The van der Waals surface area contributed by atoms with Crippen molar-refractivity contribution in [2.75, 3.05) is 34.0 Å². The number of hydrogen-bond donors (Lipinski definition) is 0. The Balaban J connectivity index is 2.42. The highest BCUT2D eigenvalue weighted by Crippen LogP contribution is 2.21. The topological polar surface area (TPSA) is 49.5 Å². The second-order valence-electron chi connectivity index (χ2n) is 4.05. The zero-order valence-electron chi connectivity index (χ0n) is 11.2. The minimum absolute atomic E-state index is 0.109. The average molecular weight is 264 g/mol. The maximum atomic E-state index is 5.79. The standard InChI is InChI=1S/C11H24O5Si/c1-5-10(14-7-11-8-15-11)9-17(12-3,13-4)16-6-2/h10-11H,5-9H2,1-4H3. The molecule has 0 spiro atoms. The summed E-state index contributed by atoms with van der Waals surface area (Å²) in [7, 11) is 0.737. The maximum Gasteiger partial charge on any atom is 0.503 e. The van der Waals surface area contributed by atoms with Gasteiger partial charge in [0.1, 0.15) is 6.10 Å². The first kappa shape index (κ1) is 15.1. The van der Waals surface area contributed by atoms with Crippen LogP contribution in [0.25, 0.3) is 0 Å². The molecule has 6 heteroatoms. The summed E-state index contributed by atoms with van der Waals surface area (Å²) in [6.45, 7) is 6.10. The Hall–Kier alpha value is 0.0169. The predicted octanol–water partition coefficient (Wildman–Crippen LogP) is 1.45. The van der Waals surface area contributed by atoms with Crippen LogP contribution >= 0.6 is 0 Å². The molecular formula is C11H24O5Si. The molecule has 0 aliphatic carbocycles. The molecule has 2 atom stereocenters. The summed E-state index contributed by atoms with van der Waals surface area (Å²) in [5, 5.41) is 0. The maximum absolute atomic E-state index is 5.79. The fourth-order valence-electron chi connectivity index (χ4n) is 1.65. The minimum Gasteiger partial charge on any atom is -0.377 e. The van der Waals surface area contributed by atoms with E-state index in [1.54, 1.807) is 14.2 Å². The van der Waals surface area contributed by atoms with Crippen LogP contribution in [0.3, 0.4) is 0 Å². The van der Waals surface area contributed by atoms with Gasteiger partial charge in [-0.15, -0.1) is 0 Å². The first-order valence-electron chi connectivity index (χ1n) is 6.17. The van der Waals surface area contributed by atoms with Crippen LogP contribution in [0.4, 0.5) is 0 Å². The first-order chi connectivity index (χ1) is 8.19. The van der Waals surface area contributed by atoms with Gasteiger partial charge in [0.2, 0.25) is 0 Å². The lowest BCUT2D eigenvalue weighted by Gasteiger charge is -2.29. The highest BCUT2D eigenvalue weighted by Gasteiger charge is 2.41. The van der Waals surface area contributed by atoms with Crippen LogP contribution < -0.4 is 0 Å². The van der Waals surface area contributed by atoms with Gasteiger partial charge in [-0.2, -0.15) is 0 Å². The predicted molar refractivity (Wildman–Crippen MR) is 66.0 cm³/mol. The minimum atomic E-state index is -2.54. The Morgan fingerprint density at radius 1 is 1.29 bits per heavy atom. The van der Waals surface area contributed by atoms with Crippen molar-refractivity contribution >= 4 is 8.80 Å². The van der Waals surface area contributed by atoms with Crippen LogP contribution in [0.1, 0.15) is 20.3 Å². The third-order valence-electron chi connectivity index (χ3n) is 2.84. The number of ether oxygens (including phenoxy) is 2. The van der Waals surface area contributed by atoms with Crippen molar-refractivity contribution in [2.45, 2.75) is 38.5 Å². The number of epoxide rings is 1. The Morgan fingerprint density at radius 3 is 2.35 bits per heavy atom. The second-order valence-corrected chi connectivity index (χ2v) is 6.93. The molecule has 1 aliphatic heterocycles. The molecule has 0 radical (unpaired) electrons. The van der Waals surface area contributed by atoms with E-state index in [2.05, 4.69) is 6.92 Å². The van der Waals surface area contributed by atoms with Crippen LogP contribution in [-0.4, -0.2) is 55.1 Å². The third-order valence-corrected chi connectivity index (χ3v) is 5.77. The van der Waals surface area contributed by atoms with Crippen molar-refractivity contribution in [1.82, 2.24) is 0 Å². The molecule has 1 aliphatic rings. The molecule has 0 aromatic heterocycles. The van der Waals surface area contributed by atoms with Crippen LogP contribution in [0.15, 0.2) is 0 Å². The highest BCUT2D eigenvalue weighted by molar-refractivity contribution is 6.60. The second kappa shape index (κ2) is 7.45. The van der Waals surface area contributed by atoms with E-state index in [1.807, 2.05) is 6.92 Å². The van der Waals surface area contributed by atoms with Gasteiger partial charge in [-0.3, -0.25) is 0 Å². The molecule has 102 valence electrons. The van der Waals surface area contributed by atoms with Crippen LogP contribution in [0.2, 0.25) is 6.04 Å². The molecule has 17 heavy (non-hydrogen) atoms. The fraction of sp³-hybridized carbons (Fsp3) is 1.00. The van der Waals surface area contributed by atoms with Crippen LogP contribution in [0, 0.1) is 0 Å². The van der Waals surface area contributed by atoms with Gasteiger partial charge in [0.15, 0.2) is 0 Å². The summed E-state index contributed by atoms with van der Waals surface area (Å²) in [5.74, 6) is 0. The Labute approximate surface area is 105 Å². The molecule has 0 bridgehead atoms. The fourth-order valence-corrected chi connectivity index (χ4v) is 3.91.